The molecule has 0 heterocycles. The molecular weight excluding hydrogens is 206 g/mol. The number of nitrogens with one attached hydrogen (secondary N) is 1. The summed E-state index contributed by atoms with van der Waals surface area (Å²) in [5, 5.41) is 20.0. The van der Waals surface area contributed by atoms with Crippen LogP contribution in [0.5, 0.6) is 0 Å². The average molecular weight is 233 g/mol. The molecule has 0 aromatic heterocycles. The zero-order chi connectivity index (χ0) is 12.1. The Balaban J connectivity index is 2.88. The first-order valence-electron chi connectivity index (χ1n) is 6.42. The summed E-state index contributed by atoms with van der Waals surface area (Å²) in [5.74, 6) is 0. The summed E-state index contributed by atoms with van der Waals surface area (Å²) in [6, 6.07) is 0. The Morgan fingerprint density at radius 2 is 1.69 bits per heavy atom. The van der Waals surface area contributed by atoms with Gasteiger partial charge in [-0.05, 0) is 6.42 Å². The van der Waals surface area contributed by atoms with Crippen molar-refractivity contribution >= 4 is 0 Å². The van der Waals surface area contributed by atoms with Crippen LogP contribution in [-0.4, -0.2) is 42.8 Å². The van der Waals surface area contributed by atoms with E-state index in [1.54, 1.807) is 0 Å². The van der Waals surface area contributed by atoms with Gasteiger partial charge in [0.2, 0.25) is 0 Å². The fourth-order valence-electron chi connectivity index (χ4n) is 1.46. The number of ether oxygens (including phenoxy) is 1. The molecule has 0 fully saturated rings. The number of hydrogen-bond acceptors (Lipinski definition) is 4. The molecule has 0 aliphatic heterocycles. The van der Waals surface area contributed by atoms with E-state index < -0.39 is 6.29 Å². The van der Waals surface area contributed by atoms with Gasteiger partial charge in [0.1, 0.15) is 0 Å². The molecule has 0 rings (SSSR count). The maximum Gasteiger partial charge on any atom is 0.164 e. The maximum absolute atomic E-state index is 8.55. The second-order valence-electron chi connectivity index (χ2n) is 4.06. The second-order valence-corrected chi connectivity index (χ2v) is 4.06. The first kappa shape index (κ1) is 15.8. The van der Waals surface area contributed by atoms with Gasteiger partial charge in [-0.3, -0.25) is 0 Å². The van der Waals surface area contributed by atoms with E-state index in [2.05, 4.69) is 12.2 Å². The zero-order valence-corrected chi connectivity index (χ0v) is 10.5. The molecule has 0 atom stereocenters. The molecule has 0 aliphatic rings. The van der Waals surface area contributed by atoms with Crippen LogP contribution in [0.1, 0.15) is 45.4 Å². The van der Waals surface area contributed by atoms with Gasteiger partial charge in [0.15, 0.2) is 6.29 Å². The van der Waals surface area contributed by atoms with Gasteiger partial charge in [-0.1, -0.05) is 39.0 Å². The van der Waals surface area contributed by atoms with Crippen LogP contribution in [0, 0.1) is 0 Å². The van der Waals surface area contributed by atoms with Crippen LogP contribution >= 0.6 is 0 Å². The normalized spacial score (nSPS) is 11.2. The van der Waals surface area contributed by atoms with Crippen molar-refractivity contribution < 1.29 is 14.9 Å². The van der Waals surface area contributed by atoms with Crippen LogP contribution in [0.3, 0.4) is 0 Å². The van der Waals surface area contributed by atoms with Crippen LogP contribution in [0.4, 0.5) is 0 Å². The highest BCUT2D eigenvalue weighted by atomic mass is 16.5. The lowest BCUT2D eigenvalue weighted by Gasteiger charge is -2.07. The molecule has 0 amide bonds. The van der Waals surface area contributed by atoms with Crippen molar-refractivity contribution in [2.45, 2.75) is 51.7 Å². The Kier molecular flexibility index (Phi) is 12.8. The van der Waals surface area contributed by atoms with E-state index in [4.69, 9.17) is 14.9 Å². The van der Waals surface area contributed by atoms with Gasteiger partial charge < -0.3 is 20.3 Å². The van der Waals surface area contributed by atoms with Crippen molar-refractivity contribution in [3.8, 4) is 0 Å². The Hall–Kier alpha value is -0.160. The molecule has 0 aromatic rings. The van der Waals surface area contributed by atoms with Crippen LogP contribution in [-0.2, 0) is 4.74 Å². The van der Waals surface area contributed by atoms with Gasteiger partial charge in [-0.25, -0.2) is 0 Å². The summed E-state index contributed by atoms with van der Waals surface area (Å²) in [6.07, 6.45) is 6.40. The Morgan fingerprint density at radius 1 is 1.00 bits per heavy atom. The molecule has 4 nitrogen and oxygen atoms in total. The maximum atomic E-state index is 8.55. The van der Waals surface area contributed by atoms with E-state index in [1.165, 1.54) is 32.1 Å². The Bertz CT molecular complexity index is 131. The number of unbranched alkanes of at least 4 members (excludes halogenated alkanes) is 5. The fourth-order valence-corrected chi connectivity index (χ4v) is 1.46. The molecule has 0 saturated carbocycles. The second kappa shape index (κ2) is 12.9. The number of aliphatic hydroxyl groups excluding tert-OH is 1. The van der Waals surface area contributed by atoms with Crippen LogP contribution in [0.15, 0.2) is 0 Å². The van der Waals surface area contributed by atoms with E-state index in [0.29, 0.717) is 13.2 Å². The smallest absolute Gasteiger partial charge is 0.164 e. The molecule has 98 valence electrons. The van der Waals surface area contributed by atoms with E-state index in [-0.39, 0.29) is 6.54 Å². The molecule has 0 radical (unpaired) electrons. The third-order valence-electron chi connectivity index (χ3n) is 2.39. The van der Waals surface area contributed by atoms with Crippen molar-refractivity contribution in [2.75, 3.05) is 26.3 Å². The highest BCUT2D eigenvalue weighted by Gasteiger charge is 1.95. The van der Waals surface area contributed by atoms with Crippen molar-refractivity contribution in [1.29, 1.82) is 0 Å². The van der Waals surface area contributed by atoms with Gasteiger partial charge >= 0.3 is 0 Å². The van der Waals surface area contributed by atoms with E-state index in [9.17, 15) is 0 Å². The third-order valence-corrected chi connectivity index (χ3v) is 2.39. The minimum Gasteiger partial charge on any atom is -0.380 e. The largest absolute Gasteiger partial charge is 0.380 e. The van der Waals surface area contributed by atoms with Crippen molar-refractivity contribution in [1.82, 2.24) is 5.32 Å². The van der Waals surface area contributed by atoms with E-state index in [0.717, 1.165) is 13.0 Å². The molecule has 3 N–H and O–H groups in total. The predicted molar refractivity (Wildman–Crippen MR) is 65.3 cm³/mol. The summed E-state index contributed by atoms with van der Waals surface area (Å²) in [5.41, 5.74) is 0. The van der Waals surface area contributed by atoms with Crippen molar-refractivity contribution in [2.24, 2.45) is 0 Å². The number of aliphatic hydroxyl groups is 2. The standard InChI is InChI=1S/C12H27NO3/c1-2-3-4-5-6-7-9-16-10-8-13-11-12(14)15/h12-15H,2-11H2,1H3. The minimum atomic E-state index is -1.27. The molecule has 0 aliphatic carbocycles. The first-order chi connectivity index (χ1) is 7.77. The lowest BCUT2D eigenvalue weighted by atomic mass is 10.1. The highest BCUT2D eigenvalue weighted by Crippen LogP contribution is 2.04. The minimum absolute atomic E-state index is 0.209. The van der Waals surface area contributed by atoms with Crippen molar-refractivity contribution in [3.63, 3.8) is 0 Å². The molecular formula is C12H27NO3. The lowest BCUT2D eigenvalue weighted by molar-refractivity contribution is -0.0379. The molecule has 0 saturated heterocycles. The quantitative estimate of drug-likeness (QED) is 0.351. The predicted octanol–water partition coefficient (Wildman–Crippen LogP) is 1.26. The average Bonchev–Trinajstić information content (AvgIpc) is 2.25. The lowest BCUT2D eigenvalue weighted by Crippen LogP contribution is -2.29. The molecule has 0 unspecified atom stereocenters. The van der Waals surface area contributed by atoms with Crippen LogP contribution in [0.25, 0.3) is 0 Å². The van der Waals surface area contributed by atoms with E-state index >= 15 is 0 Å². The molecule has 4 heteroatoms. The summed E-state index contributed by atoms with van der Waals surface area (Å²) in [7, 11) is 0. The summed E-state index contributed by atoms with van der Waals surface area (Å²) in [4.78, 5) is 0. The highest BCUT2D eigenvalue weighted by molar-refractivity contribution is 4.47. The molecule has 0 spiro atoms. The third kappa shape index (κ3) is 13.8. The topological polar surface area (TPSA) is 61.7 Å². The van der Waals surface area contributed by atoms with Gasteiger partial charge in [0.05, 0.1) is 6.61 Å². The van der Waals surface area contributed by atoms with Crippen LogP contribution in [0.2, 0.25) is 0 Å². The number of hydrogen-bond donors (Lipinski definition) is 3. The first-order valence-corrected chi connectivity index (χ1v) is 6.42. The molecule has 0 aromatic carbocycles. The molecule has 0 bridgehead atoms. The van der Waals surface area contributed by atoms with E-state index in [1.807, 2.05) is 0 Å². The SMILES string of the molecule is CCCCCCCCOCCNCC(O)O. The Morgan fingerprint density at radius 3 is 2.38 bits per heavy atom. The Labute approximate surface area is 99.0 Å². The number of rotatable bonds is 12. The van der Waals surface area contributed by atoms with Gasteiger partial charge in [0.25, 0.3) is 0 Å². The fraction of sp³-hybridized carbons (Fsp3) is 1.00. The summed E-state index contributed by atoms with van der Waals surface area (Å²) >= 11 is 0. The summed E-state index contributed by atoms with van der Waals surface area (Å²) < 4.78 is 5.40. The molecule has 16 heavy (non-hydrogen) atoms. The van der Waals surface area contributed by atoms with Gasteiger partial charge in [-0.15, -0.1) is 0 Å². The van der Waals surface area contributed by atoms with Gasteiger partial charge in [-0.2, -0.15) is 0 Å². The zero-order valence-electron chi connectivity index (χ0n) is 10.5. The van der Waals surface area contributed by atoms with Crippen LogP contribution < -0.4 is 5.32 Å². The van der Waals surface area contributed by atoms with Gasteiger partial charge in [0, 0.05) is 19.7 Å². The monoisotopic (exact) mass is 233 g/mol. The summed E-state index contributed by atoms with van der Waals surface area (Å²) in [6.45, 7) is 4.56. The van der Waals surface area contributed by atoms with Crippen molar-refractivity contribution in [3.05, 3.63) is 0 Å².